The Bertz CT molecular complexity index is 595. The Kier molecular flexibility index (Phi) is 4.50. The lowest BCUT2D eigenvalue weighted by Gasteiger charge is -2.14. The fourth-order valence-electron chi connectivity index (χ4n) is 1.63. The van der Waals surface area contributed by atoms with Crippen LogP contribution in [0.15, 0.2) is 29.3 Å². The standard InChI is InChI=1S/C13H14N4O4/c1-2-21-9-5-3-8(4-6-9)15-13(20)16-10-7-14-12(19)17-11(10)18/h3-6H,2,7H2,1H3,(H,15,20)(H2,14,17,18,19). The van der Waals surface area contributed by atoms with Crippen LogP contribution < -0.4 is 20.7 Å². The van der Waals surface area contributed by atoms with Gasteiger partial charge in [-0.3, -0.25) is 10.1 Å². The van der Waals surface area contributed by atoms with Gasteiger partial charge < -0.3 is 15.4 Å². The van der Waals surface area contributed by atoms with Crippen molar-refractivity contribution >= 4 is 29.4 Å². The highest BCUT2D eigenvalue weighted by molar-refractivity contribution is 6.45. The van der Waals surface area contributed by atoms with E-state index in [9.17, 15) is 14.4 Å². The van der Waals surface area contributed by atoms with Crippen molar-refractivity contribution in [2.24, 2.45) is 4.99 Å². The Morgan fingerprint density at radius 3 is 2.67 bits per heavy atom. The molecular formula is C13H14N4O4. The minimum atomic E-state index is -0.694. The number of carbonyl (C=O) groups excluding carboxylic acids is 3. The minimum absolute atomic E-state index is 0.0574. The number of carbonyl (C=O) groups is 3. The first kappa shape index (κ1) is 14.5. The summed E-state index contributed by atoms with van der Waals surface area (Å²) in [6.07, 6.45) is 0. The van der Waals surface area contributed by atoms with Crippen molar-refractivity contribution < 1.29 is 19.1 Å². The lowest BCUT2D eigenvalue weighted by molar-refractivity contribution is -0.114. The monoisotopic (exact) mass is 290 g/mol. The van der Waals surface area contributed by atoms with Crippen LogP contribution in [-0.2, 0) is 4.79 Å². The molecule has 2 rings (SSSR count). The minimum Gasteiger partial charge on any atom is -0.494 e. The molecule has 5 amide bonds. The molecule has 1 aliphatic heterocycles. The number of ether oxygens (including phenoxy) is 1. The van der Waals surface area contributed by atoms with Gasteiger partial charge in [0.1, 0.15) is 11.5 Å². The van der Waals surface area contributed by atoms with Crippen LogP contribution in [0.1, 0.15) is 6.92 Å². The van der Waals surface area contributed by atoms with Crippen LogP contribution in [0.3, 0.4) is 0 Å². The first-order chi connectivity index (χ1) is 10.1. The highest BCUT2D eigenvalue weighted by Crippen LogP contribution is 2.15. The normalized spacial score (nSPS) is 16.1. The van der Waals surface area contributed by atoms with E-state index in [1.165, 1.54) is 0 Å². The molecule has 1 fully saturated rings. The molecule has 8 heteroatoms. The fraction of sp³-hybridized carbons (Fsp3) is 0.231. The third kappa shape index (κ3) is 4.03. The van der Waals surface area contributed by atoms with Crippen molar-refractivity contribution in [1.29, 1.82) is 0 Å². The predicted octanol–water partition coefficient (Wildman–Crippen LogP) is 0.898. The van der Waals surface area contributed by atoms with Crippen molar-refractivity contribution in [1.82, 2.24) is 10.6 Å². The van der Waals surface area contributed by atoms with Gasteiger partial charge in [0.05, 0.1) is 13.2 Å². The number of nitrogens with one attached hydrogen (secondary N) is 3. The smallest absolute Gasteiger partial charge is 0.345 e. The molecule has 0 aromatic heterocycles. The van der Waals surface area contributed by atoms with Gasteiger partial charge in [-0.1, -0.05) is 0 Å². The SMILES string of the molecule is CCOc1ccc(NC(=O)N=C2CNC(=O)NC2=O)cc1. The average Bonchev–Trinajstić information content (AvgIpc) is 2.44. The van der Waals surface area contributed by atoms with E-state index in [4.69, 9.17) is 4.74 Å². The molecule has 0 radical (unpaired) electrons. The van der Waals surface area contributed by atoms with Crippen molar-refractivity contribution in [2.75, 3.05) is 18.5 Å². The Morgan fingerprint density at radius 1 is 1.33 bits per heavy atom. The van der Waals surface area contributed by atoms with E-state index in [-0.39, 0.29) is 12.3 Å². The Hall–Kier alpha value is -2.90. The lowest BCUT2D eigenvalue weighted by atomic mass is 10.3. The maximum Gasteiger partial charge on any atom is 0.345 e. The van der Waals surface area contributed by atoms with Gasteiger partial charge >= 0.3 is 12.1 Å². The summed E-state index contributed by atoms with van der Waals surface area (Å²) in [4.78, 5) is 37.6. The highest BCUT2D eigenvalue weighted by atomic mass is 16.5. The van der Waals surface area contributed by atoms with Gasteiger partial charge in [-0.05, 0) is 31.2 Å². The van der Waals surface area contributed by atoms with Crippen molar-refractivity contribution in [3.05, 3.63) is 24.3 Å². The summed E-state index contributed by atoms with van der Waals surface area (Å²) in [6.45, 7) is 2.35. The first-order valence-corrected chi connectivity index (χ1v) is 6.29. The Morgan fingerprint density at radius 2 is 2.05 bits per heavy atom. The molecule has 1 aromatic rings. The summed E-state index contributed by atoms with van der Waals surface area (Å²) in [5.41, 5.74) is 0.464. The summed E-state index contributed by atoms with van der Waals surface area (Å²) < 4.78 is 5.28. The van der Waals surface area contributed by atoms with Crippen LogP contribution in [0.2, 0.25) is 0 Å². The molecule has 110 valence electrons. The van der Waals surface area contributed by atoms with E-state index in [0.29, 0.717) is 18.0 Å². The average molecular weight is 290 g/mol. The number of amides is 5. The van der Waals surface area contributed by atoms with Crippen LogP contribution in [0.25, 0.3) is 0 Å². The second-order valence-corrected chi connectivity index (χ2v) is 4.08. The molecule has 0 spiro atoms. The van der Waals surface area contributed by atoms with Gasteiger partial charge in [-0.25, -0.2) is 9.59 Å². The zero-order chi connectivity index (χ0) is 15.2. The molecule has 0 aliphatic carbocycles. The number of anilines is 1. The van der Waals surface area contributed by atoms with Gasteiger partial charge in [0.15, 0.2) is 0 Å². The van der Waals surface area contributed by atoms with E-state index in [0.717, 1.165) is 0 Å². The topological polar surface area (TPSA) is 109 Å². The molecular weight excluding hydrogens is 276 g/mol. The predicted molar refractivity (Wildman–Crippen MR) is 75.6 cm³/mol. The second-order valence-electron chi connectivity index (χ2n) is 4.08. The third-order valence-electron chi connectivity index (χ3n) is 2.56. The highest BCUT2D eigenvalue weighted by Gasteiger charge is 2.22. The lowest BCUT2D eigenvalue weighted by Crippen LogP contribution is -2.53. The zero-order valence-corrected chi connectivity index (χ0v) is 11.3. The van der Waals surface area contributed by atoms with E-state index in [2.05, 4.69) is 15.6 Å². The van der Waals surface area contributed by atoms with E-state index >= 15 is 0 Å². The molecule has 1 aromatic carbocycles. The summed E-state index contributed by atoms with van der Waals surface area (Å²) in [5, 5.41) is 6.87. The van der Waals surface area contributed by atoms with Crippen LogP contribution in [0.4, 0.5) is 15.3 Å². The summed E-state index contributed by atoms with van der Waals surface area (Å²) in [5.74, 6) is 0.0109. The molecule has 3 N–H and O–H groups in total. The molecule has 0 atom stereocenters. The van der Waals surface area contributed by atoms with E-state index in [1.807, 2.05) is 12.2 Å². The third-order valence-corrected chi connectivity index (χ3v) is 2.56. The van der Waals surface area contributed by atoms with Gasteiger partial charge in [0.2, 0.25) is 0 Å². The maximum absolute atomic E-state index is 11.7. The Balaban J connectivity index is 1.98. The van der Waals surface area contributed by atoms with Gasteiger partial charge in [-0.2, -0.15) is 4.99 Å². The summed E-state index contributed by atoms with van der Waals surface area (Å²) in [7, 11) is 0. The van der Waals surface area contributed by atoms with Crippen molar-refractivity contribution in [3.8, 4) is 5.75 Å². The van der Waals surface area contributed by atoms with Gasteiger partial charge in [0.25, 0.3) is 5.91 Å². The molecule has 8 nitrogen and oxygen atoms in total. The molecule has 1 heterocycles. The van der Waals surface area contributed by atoms with Gasteiger partial charge in [0, 0.05) is 5.69 Å². The molecule has 0 saturated carbocycles. The van der Waals surface area contributed by atoms with Crippen molar-refractivity contribution in [2.45, 2.75) is 6.92 Å². The number of hydrogen-bond acceptors (Lipinski definition) is 4. The fourth-order valence-corrected chi connectivity index (χ4v) is 1.63. The number of rotatable bonds is 3. The number of benzene rings is 1. The summed E-state index contributed by atoms with van der Waals surface area (Å²) in [6, 6.07) is 5.43. The van der Waals surface area contributed by atoms with Crippen LogP contribution in [0.5, 0.6) is 5.75 Å². The Labute approximate surface area is 120 Å². The van der Waals surface area contributed by atoms with E-state index < -0.39 is 18.0 Å². The van der Waals surface area contributed by atoms with Crippen molar-refractivity contribution in [3.63, 3.8) is 0 Å². The number of nitrogens with zero attached hydrogens (tertiary/aromatic N) is 1. The van der Waals surface area contributed by atoms with Gasteiger partial charge in [-0.15, -0.1) is 0 Å². The van der Waals surface area contributed by atoms with E-state index in [1.54, 1.807) is 24.3 Å². The van der Waals surface area contributed by atoms with Crippen LogP contribution in [-0.4, -0.2) is 36.8 Å². The molecule has 1 aliphatic rings. The molecule has 0 bridgehead atoms. The first-order valence-electron chi connectivity index (χ1n) is 6.29. The molecule has 21 heavy (non-hydrogen) atoms. The zero-order valence-electron chi connectivity index (χ0n) is 11.3. The summed E-state index contributed by atoms with van der Waals surface area (Å²) >= 11 is 0. The largest absolute Gasteiger partial charge is 0.494 e. The second kappa shape index (κ2) is 6.51. The van der Waals surface area contributed by atoms with Crippen LogP contribution >= 0.6 is 0 Å². The molecule has 1 saturated heterocycles. The number of urea groups is 2. The molecule has 0 unspecified atom stereocenters. The number of aliphatic imine (C=N–C) groups is 1. The number of hydrogen-bond donors (Lipinski definition) is 3. The van der Waals surface area contributed by atoms with Crippen LogP contribution in [0, 0.1) is 0 Å². The maximum atomic E-state index is 11.7. The quantitative estimate of drug-likeness (QED) is 0.768. The number of imide groups is 1.